The fourth-order valence-electron chi connectivity index (χ4n) is 8.37. The lowest BCUT2D eigenvalue weighted by molar-refractivity contribution is -0.127. The van der Waals surface area contributed by atoms with Crippen LogP contribution in [0.5, 0.6) is 0 Å². The second-order valence-electron chi connectivity index (χ2n) is 13.1. The normalized spacial score (nSPS) is 27.1. The molecular formula is C33H40N6O4. The van der Waals surface area contributed by atoms with E-state index in [-0.39, 0.29) is 31.1 Å². The summed E-state index contributed by atoms with van der Waals surface area (Å²) in [7, 11) is 0. The van der Waals surface area contributed by atoms with Crippen LogP contribution in [0.4, 0.5) is 15.3 Å². The molecule has 8 rings (SSSR count). The Morgan fingerprint density at radius 1 is 1.07 bits per heavy atom. The van der Waals surface area contributed by atoms with Gasteiger partial charge in [-0.15, -0.1) is 0 Å². The zero-order valence-electron chi connectivity index (χ0n) is 24.6. The number of aromatic amines is 1. The molecule has 2 aromatic carbocycles. The summed E-state index contributed by atoms with van der Waals surface area (Å²) in [5.74, 6) is 2.56. The van der Waals surface area contributed by atoms with Crippen molar-refractivity contribution in [1.82, 2.24) is 25.7 Å². The molecule has 4 aliphatic carbocycles. The zero-order valence-corrected chi connectivity index (χ0v) is 24.6. The van der Waals surface area contributed by atoms with Crippen LogP contribution >= 0.6 is 0 Å². The fraction of sp³-hybridized carbons (Fsp3) is 0.515. The Kier molecular flexibility index (Phi) is 7.44. The van der Waals surface area contributed by atoms with Crippen molar-refractivity contribution in [1.29, 1.82) is 0 Å². The molecule has 4 N–H and O–H groups in total. The van der Waals surface area contributed by atoms with Gasteiger partial charge in [-0.25, -0.2) is 9.59 Å². The summed E-state index contributed by atoms with van der Waals surface area (Å²) in [6, 6.07) is 10.7. The Labute approximate surface area is 251 Å². The molecule has 10 heteroatoms. The van der Waals surface area contributed by atoms with Gasteiger partial charge in [-0.1, -0.05) is 24.3 Å². The summed E-state index contributed by atoms with van der Waals surface area (Å²) < 4.78 is 5.35. The van der Waals surface area contributed by atoms with Crippen molar-refractivity contribution in [3.8, 4) is 0 Å². The molecule has 0 radical (unpaired) electrons. The summed E-state index contributed by atoms with van der Waals surface area (Å²) in [6.45, 7) is 2.73. The number of H-pyrrole nitrogens is 1. The van der Waals surface area contributed by atoms with Crippen molar-refractivity contribution in [2.75, 3.05) is 25.0 Å². The first-order valence-corrected chi connectivity index (χ1v) is 15.7. The zero-order chi connectivity index (χ0) is 29.5. The Morgan fingerprint density at radius 3 is 2.63 bits per heavy atom. The third-order valence-electron chi connectivity index (χ3n) is 10.2. The second kappa shape index (κ2) is 11.5. The van der Waals surface area contributed by atoms with Crippen LogP contribution in [-0.4, -0.2) is 64.9 Å². The Hall–Kier alpha value is -4.08. The molecule has 1 unspecified atom stereocenters. The summed E-state index contributed by atoms with van der Waals surface area (Å²) in [5.41, 5.74) is 4.57. The number of anilines is 1. The lowest BCUT2D eigenvalue weighted by Gasteiger charge is -2.54. The van der Waals surface area contributed by atoms with E-state index in [2.05, 4.69) is 32.2 Å². The minimum absolute atomic E-state index is 0.0579. The second-order valence-corrected chi connectivity index (χ2v) is 13.1. The van der Waals surface area contributed by atoms with Gasteiger partial charge < -0.3 is 20.3 Å². The number of carbonyl (C=O) groups is 3. The van der Waals surface area contributed by atoms with Crippen LogP contribution in [-0.2, 0) is 22.4 Å². The SMILES string of the molecule is Cc1cc(CC(NC(=O)N2CCOC(=O)Nc3ccccc3CC2)C(=O)NC2C3CC4CC(C3)CC2C4)cc2cn[nH]c12. The lowest BCUT2D eigenvalue weighted by Crippen LogP contribution is -2.60. The molecule has 5 aliphatic rings. The van der Waals surface area contributed by atoms with Crippen LogP contribution in [0.3, 0.4) is 0 Å². The van der Waals surface area contributed by atoms with Crippen molar-refractivity contribution < 1.29 is 19.1 Å². The topological polar surface area (TPSA) is 128 Å². The Bertz CT molecular complexity index is 1510. The van der Waals surface area contributed by atoms with Crippen LogP contribution in [0.25, 0.3) is 10.9 Å². The van der Waals surface area contributed by atoms with Gasteiger partial charge in [-0.05, 0) is 97.9 Å². The number of nitrogens with one attached hydrogen (secondary N) is 4. The van der Waals surface area contributed by atoms with Crippen LogP contribution in [0.1, 0.15) is 48.8 Å². The van der Waals surface area contributed by atoms with Gasteiger partial charge in [-0.2, -0.15) is 5.10 Å². The molecule has 4 bridgehead atoms. The van der Waals surface area contributed by atoms with Gasteiger partial charge in [-0.3, -0.25) is 15.2 Å². The number of amides is 4. The number of aryl methyl sites for hydroxylation is 1. The van der Waals surface area contributed by atoms with E-state index >= 15 is 0 Å². The number of benzene rings is 2. The van der Waals surface area contributed by atoms with Crippen LogP contribution < -0.4 is 16.0 Å². The van der Waals surface area contributed by atoms with Gasteiger partial charge in [0.25, 0.3) is 0 Å². The molecule has 4 fully saturated rings. The minimum Gasteiger partial charge on any atom is -0.447 e. The molecule has 2 heterocycles. The fourth-order valence-corrected chi connectivity index (χ4v) is 8.37. The molecule has 4 saturated carbocycles. The van der Waals surface area contributed by atoms with Crippen molar-refractivity contribution >= 4 is 34.6 Å². The molecule has 1 aromatic heterocycles. The first kappa shape index (κ1) is 27.7. The molecular weight excluding hydrogens is 544 g/mol. The van der Waals surface area contributed by atoms with E-state index in [1.165, 1.54) is 32.1 Å². The Balaban J connectivity index is 1.11. The summed E-state index contributed by atoms with van der Waals surface area (Å²) in [6.07, 6.45) is 8.33. The highest BCUT2D eigenvalue weighted by Crippen LogP contribution is 2.53. The Morgan fingerprint density at radius 2 is 1.84 bits per heavy atom. The van der Waals surface area contributed by atoms with Crippen molar-refractivity contribution in [3.63, 3.8) is 0 Å². The number of urea groups is 1. The van der Waals surface area contributed by atoms with E-state index in [1.807, 2.05) is 37.3 Å². The molecule has 4 amide bonds. The molecule has 1 aliphatic heterocycles. The summed E-state index contributed by atoms with van der Waals surface area (Å²) in [4.78, 5) is 41.8. The van der Waals surface area contributed by atoms with Crippen molar-refractivity contribution in [3.05, 3.63) is 59.3 Å². The van der Waals surface area contributed by atoms with E-state index < -0.39 is 12.1 Å². The van der Waals surface area contributed by atoms with E-state index in [0.29, 0.717) is 36.9 Å². The average Bonchev–Trinajstić information content (AvgIpc) is 3.46. The maximum Gasteiger partial charge on any atom is 0.411 e. The van der Waals surface area contributed by atoms with Gasteiger partial charge in [0.1, 0.15) is 12.6 Å². The highest BCUT2D eigenvalue weighted by molar-refractivity contribution is 5.89. The summed E-state index contributed by atoms with van der Waals surface area (Å²) >= 11 is 0. The van der Waals surface area contributed by atoms with Crippen molar-refractivity contribution in [2.24, 2.45) is 23.7 Å². The van der Waals surface area contributed by atoms with Gasteiger partial charge >= 0.3 is 12.1 Å². The first-order valence-electron chi connectivity index (χ1n) is 15.7. The molecule has 0 saturated heterocycles. The predicted octanol–water partition coefficient (Wildman–Crippen LogP) is 4.54. The number of fused-ring (bicyclic) bond motifs is 2. The van der Waals surface area contributed by atoms with Gasteiger partial charge in [0.05, 0.1) is 18.3 Å². The molecule has 43 heavy (non-hydrogen) atoms. The smallest absolute Gasteiger partial charge is 0.411 e. The van der Waals surface area contributed by atoms with Crippen LogP contribution in [0.2, 0.25) is 0 Å². The molecule has 226 valence electrons. The van der Waals surface area contributed by atoms with Gasteiger partial charge in [0, 0.05) is 30.1 Å². The van der Waals surface area contributed by atoms with E-state index in [1.54, 1.807) is 11.1 Å². The third kappa shape index (κ3) is 5.79. The number of cyclic esters (lactones) is 1. The summed E-state index contributed by atoms with van der Waals surface area (Å²) in [5, 5.41) is 17.5. The standard InChI is InChI=1S/C33H40N6O4/c1-19-10-20(16-26-18-34-38-29(19)26)17-28(31(40)37-30-24-12-21-11-22(14-24)15-25(30)13-21)35-32(41)39-7-6-23-4-2-3-5-27(23)36-33(42)43-9-8-39/h2-5,10,16,18,21-22,24-25,28,30H,6-9,11-15,17H2,1H3,(H,34,38)(H,35,41)(H,36,42)(H,37,40). The van der Waals surface area contributed by atoms with Crippen LogP contribution in [0.15, 0.2) is 42.6 Å². The largest absolute Gasteiger partial charge is 0.447 e. The molecule has 1 atom stereocenters. The molecule has 10 nitrogen and oxygen atoms in total. The maximum atomic E-state index is 14.0. The quantitative estimate of drug-likeness (QED) is 0.350. The van der Waals surface area contributed by atoms with E-state index in [9.17, 15) is 14.4 Å². The number of nitrogens with zero attached hydrogens (tertiary/aromatic N) is 2. The van der Waals surface area contributed by atoms with E-state index in [4.69, 9.17) is 4.74 Å². The number of aromatic nitrogens is 2. The van der Waals surface area contributed by atoms with Crippen LogP contribution in [0, 0.1) is 30.6 Å². The molecule has 0 spiro atoms. The molecule has 3 aromatic rings. The average molecular weight is 585 g/mol. The highest BCUT2D eigenvalue weighted by atomic mass is 16.5. The number of para-hydroxylation sites is 1. The number of carbonyl (C=O) groups excluding carboxylic acids is 3. The minimum atomic E-state index is -0.750. The third-order valence-corrected chi connectivity index (χ3v) is 10.2. The number of hydrogen-bond acceptors (Lipinski definition) is 5. The lowest BCUT2D eigenvalue weighted by atomic mass is 9.54. The number of hydrogen-bond donors (Lipinski definition) is 4. The first-order chi connectivity index (χ1) is 20.9. The predicted molar refractivity (Wildman–Crippen MR) is 163 cm³/mol. The van der Waals surface area contributed by atoms with Gasteiger partial charge in [0.15, 0.2) is 0 Å². The van der Waals surface area contributed by atoms with E-state index in [0.717, 1.165) is 39.4 Å². The number of rotatable bonds is 5. The highest BCUT2D eigenvalue weighted by Gasteiger charge is 2.49. The maximum absolute atomic E-state index is 14.0. The number of ether oxygens (including phenoxy) is 1. The van der Waals surface area contributed by atoms with Gasteiger partial charge in [0.2, 0.25) is 5.91 Å². The monoisotopic (exact) mass is 584 g/mol. The van der Waals surface area contributed by atoms with Crippen molar-refractivity contribution in [2.45, 2.75) is 64.0 Å².